The van der Waals surface area contributed by atoms with E-state index in [-0.39, 0.29) is 36.1 Å². The van der Waals surface area contributed by atoms with Crippen molar-refractivity contribution in [3.05, 3.63) is 53.5 Å². The predicted molar refractivity (Wildman–Crippen MR) is 125 cm³/mol. The van der Waals surface area contributed by atoms with Crippen LogP contribution in [-0.2, 0) is 30.3 Å². The summed E-state index contributed by atoms with van der Waals surface area (Å²) in [5, 5.41) is 18.5. The molecule has 39 heavy (non-hydrogen) atoms. The second-order valence-electron chi connectivity index (χ2n) is 8.36. The van der Waals surface area contributed by atoms with Crippen LogP contribution in [0.1, 0.15) is 48.1 Å². The Bertz CT molecular complexity index is 1240. The van der Waals surface area contributed by atoms with Gasteiger partial charge in [0.2, 0.25) is 11.7 Å². The van der Waals surface area contributed by atoms with Crippen LogP contribution < -0.4 is 15.8 Å². The number of aliphatic carboxylic acids is 1. The van der Waals surface area contributed by atoms with E-state index in [9.17, 15) is 37.1 Å². The Hall–Kier alpha value is -4.69. The summed E-state index contributed by atoms with van der Waals surface area (Å²) < 4.78 is 50.7. The lowest BCUT2D eigenvalue weighted by Crippen LogP contribution is -2.43. The van der Waals surface area contributed by atoms with Gasteiger partial charge in [-0.15, -0.1) is 0 Å². The molecular formula is C24H24F3N3O9. The van der Waals surface area contributed by atoms with Gasteiger partial charge in [-0.25, -0.2) is 14.4 Å². The van der Waals surface area contributed by atoms with E-state index in [1.807, 2.05) is 5.32 Å². The third-order valence-corrected chi connectivity index (χ3v) is 5.09. The number of halogens is 3. The highest BCUT2D eigenvalue weighted by molar-refractivity contribution is 5.95. The van der Waals surface area contributed by atoms with Crippen LogP contribution in [0.3, 0.4) is 0 Å². The Morgan fingerprint density at radius 1 is 1.10 bits per heavy atom. The number of nitrogen functional groups attached to an aromatic ring is 1. The molecule has 0 saturated heterocycles. The number of benzene rings is 1. The number of amidine groups is 1. The number of esters is 3. The van der Waals surface area contributed by atoms with Crippen LogP contribution >= 0.6 is 0 Å². The average molecular weight is 555 g/mol. The van der Waals surface area contributed by atoms with Crippen molar-refractivity contribution in [1.29, 1.82) is 5.41 Å². The molecule has 2 rings (SSSR count). The minimum atomic E-state index is -5.44. The molecule has 0 bridgehead atoms. The smallest absolute Gasteiger partial charge is 0.480 e. The Balaban J connectivity index is 1.82. The summed E-state index contributed by atoms with van der Waals surface area (Å²) in [6.07, 6.45) is -6.32. The second kappa shape index (κ2) is 13.2. The Kier molecular flexibility index (Phi) is 10.3. The van der Waals surface area contributed by atoms with E-state index in [0.717, 1.165) is 0 Å². The molecule has 2 aromatic rings. The number of alkyl halides is 3. The molecule has 0 fully saturated rings. The molecule has 0 aliphatic heterocycles. The van der Waals surface area contributed by atoms with Crippen LogP contribution in [0.5, 0.6) is 5.75 Å². The summed E-state index contributed by atoms with van der Waals surface area (Å²) in [4.78, 5) is 57.8. The maximum Gasteiger partial charge on any atom is 0.491 e. The van der Waals surface area contributed by atoms with E-state index in [2.05, 4.69) is 4.74 Å². The summed E-state index contributed by atoms with van der Waals surface area (Å²) in [5.74, 6) is -7.63. The first-order valence-electron chi connectivity index (χ1n) is 11.2. The van der Waals surface area contributed by atoms with E-state index in [1.54, 1.807) is 13.0 Å². The number of carboxylic acid groups (broad SMARTS) is 1. The molecule has 15 heteroatoms. The zero-order chi connectivity index (χ0) is 29.3. The summed E-state index contributed by atoms with van der Waals surface area (Å²) in [7, 11) is 0. The van der Waals surface area contributed by atoms with Crippen molar-refractivity contribution in [1.82, 2.24) is 5.32 Å². The van der Waals surface area contributed by atoms with E-state index < -0.39 is 48.4 Å². The normalized spacial score (nSPS) is 12.6. The molecule has 0 aliphatic carbocycles. The number of nitrogens with one attached hydrogen (secondary N) is 2. The van der Waals surface area contributed by atoms with E-state index >= 15 is 0 Å². The molecule has 0 spiro atoms. The number of hydrogen-bond donors (Lipinski definition) is 4. The Morgan fingerprint density at radius 3 is 2.31 bits per heavy atom. The fourth-order valence-corrected chi connectivity index (χ4v) is 3.12. The van der Waals surface area contributed by atoms with Crippen LogP contribution in [0.15, 0.2) is 40.8 Å². The standard InChI is InChI=1S/C24H24F3N3O9/c1-12(2-9-18(31)30-16(21(33)34)11-19(32)39-23(36)24(25,26)27)10-15-7-8-17(37-15)22(35)38-14-5-3-13(4-6-14)20(28)29/h3-8,12,16H,2,9-11H2,1H3,(H3,28,29)(H,30,31)(H,33,34)/t12?,16-/m0/s1. The maximum atomic E-state index is 12.3. The molecule has 5 N–H and O–H groups in total. The van der Waals surface area contributed by atoms with Crippen LogP contribution in [0.25, 0.3) is 0 Å². The zero-order valence-corrected chi connectivity index (χ0v) is 20.4. The van der Waals surface area contributed by atoms with Gasteiger partial charge >= 0.3 is 30.1 Å². The van der Waals surface area contributed by atoms with Crippen LogP contribution in [0, 0.1) is 11.3 Å². The molecule has 1 aromatic carbocycles. The van der Waals surface area contributed by atoms with Crippen molar-refractivity contribution in [2.24, 2.45) is 11.7 Å². The van der Waals surface area contributed by atoms with Crippen molar-refractivity contribution in [3.63, 3.8) is 0 Å². The Labute approximate surface area is 218 Å². The van der Waals surface area contributed by atoms with Crippen molar-refractivity contribution in [2.75, 3.05) is 0 Å². The molecule has 0 saturated carbocycles. The number of rotatable bonds is 12. The summed E-state index contributed by atoms with van der Waals surface area (Å²) in [5.41, 5.74) is 5.82. The highest BCUT2D eigenvalue weighted by Crippen LogP contribution is 2.20. The van der Waals surface area contributed by atoms with E-state index in [4.69, 9.17) is 25.4 Å². The lowest BCUT2D eigenvalue weighted by Gasteiger charge is -2.15. The number of ether oxygens (including phenoxy) is 2. The molecule has 12 nitrogen and oxygen atoms in total. The molecule has 1 aromatic heterocycles. The number of nitrogens with two attached hydrogens (primary N) is 1. The highest BCUT2D eigenvalue weighted by atomic mass is 19.4. The Morgan fingerprint density at radius 2 is 1.74 bits per heavy atom. The van der Waals surface area contributed by atoms with Gasteiger partial charge in [-0.05, 0) is 48.7 Å². The van der Waals surface area contributed by atoms with Gasteiger partial charge in [0, 0.05) is 18.4 Å². The third-order valence-electron chi connectivity index (χ3n) is 5.09. The monoisotopic (exact) mass is 555 g/mol. The van der Waals surface area contributed by atoms with E-state index in [1.165, 1.54) is 30.3 Å². The van der Waals surface area contributed by atoms with Crippen molar-refractivity contribution < 1.29 is 56.1 Å². The van der Waals surface area contributed by atoms with Crippen LogP contribution in [0.2, 0.25) is 0 Å². The SMILES string of the molecule is CC(CCC(=O)N[C@@H](CC(=O)OC(=O)C(F)(F)F)C(=O)O)Cc1ccc(C(=O)Oc2ccc(C(=N)N)cc2)o1. The molecule has 1 unspecified atom stereocenters. The number of carbonyl (C=O) groups excluding carboxylic acids is 4. The summed E-state index contributed by atoms with van der Waals surface area (Å²) in [6, 6.07) is 6.99. The van der Waals surface area contributed by atoms with Gasteiger partial charge in [-0.3, -0.25) is 15.0 Å². The minimum Gasteiger partial charge on any atom is -0.480 e. The van der Waals surface area contributed by atoms with Gasteiger partial charge in [-0.2, -0.15) is 13.2 Å². The number of amides is 1. The molecule has 1 heterocycles. The predicted octanol–water partition coefficient (Wildman–Crippen LogP) is 2.33. The third kappa shape index (κ3) is 9.94. The molecule has 2 atom stereocenters. The fourth-order valence-electron chi connectivity index (χ4n) is 3.12. The zero-order valence-electron chi connectivity index (χ0n) is 20.4. The summed E-state index contributed by atoms with van der Waals surface area (Å²) in [6.45, 7) is 1.75. The van der Waals surface area contributed by atoms with Gasteiger partial charge in [0.05, 0.1) is 6.42 Å². The van der Waals surface area contributed by atoms with Crippen molar-refractivity contribution in [2.45, 2.75) is 44.8 Å². The average Bonchev–Trinajstić information content (AvgIpc) is 3.30. The van der Waals surface area contributed by atoms with Gasteiger partial charge in [-0.1, -0.05) is 6.92 Å². The quantitative estimate of drug-likeness (QED) is 0.0991. The van der Waals surface area contributed by atoms with Gasteiger partial charge in [0.15, 0.2) is 0 Å². The maximum absolute atomic E-state index is 12.3. The first kappa shape index (κ1) is 30.5. The molecule has 1 amide bonds. The van der Waals surface area contributed by atoms with Crippen molar-refractivity contribution >= 4 is 35.6 Å². The molecule has 0 aliphatic rings. The van der Waals surface area contributed by atoms with Crippen LogP contribution in [0.4, 0.5) is 13.2 Å². The minimum absolute atomic E-state index is 0.0780. The second-order valence-corrected chi connectivity index (χ2v) is 8.36. The topological polar surface area (TPSA) is 199 Å². The first-order valence-corrected chi connectivity index (χ1v) is 11.2. The first-order chi connectivity index (χ1) is 18.1. The number of hydrogen-bond acceptors (Lipinski definition) is 9. The lowest BCUT2D eigenvalue weighted by molar-refractivity contribution is -0.202. The van der Waals surface area contributed by atoms with Gasteiger partial charge in [0.1, 0.15) is 23.4 Å². The molecule has 0 radical (unpaired) electrons. The number of carbonyl (C=O) groups is 5. The fraction of sp³-hybridized carbons (Fsp3) is 0.333. The lowest BCUT2D eigenvalue weighted by atomic mass is 10.00. The van der Waals surface area contributed by atoms with Gasteiger partial charge < -0.3 is 30.0 Å². The summed E-state index contributed by atoms with van der Waals surface area (Å²) >= 11 is 0. The molecule has 210 valence electrons. The van der Waals surface area contributed by atoms with E-state index in [0.29, 0.717) is 17.7 Å². The number of furan rings is 1. The van der Waals surface area contributed by atoms with Crippen LogP contribution in [-0.4, -0.2) is 52.9 Å². The largest absolute Gasteiger partial charge is 0.491 e. The molecular weight excluding hydrogens is 531 g/mol. The van der Waals surface area contributed by atoms with Gasteiger partial charge in [0.25, 0.3) is 0 Å². The number of carboxylic acids is 1. The van der Waals surface area contributed by atoms with Crippen molar-refractivity contribution in [3.8, 4) is 5.75 Å². The highest BCUT2D eigenvalue weighted by Gasteiger charge is 2.43.